The predicted molar refractivity (Wildman–Crippen MR) is 99.4 cm³/mol. The third-order valence-electron chi connectivity index (χ3n) is 4.11. The van der Waals surface area contributed by atoms with Gasteiger partial charge in [0.2, 0.25) is 5.56 Å². The van der Waals surface area contributed by atoms with Crippen molar-refractivity contribution in [1.82, 2.24) is 9.88 Å². The first-order valence-corrected chi connectivity index (χ1v) is 8.33. The van der Waals surface area contributed by atoms with Crippen LogP contribution in [-0.4, -0.2) is 34.7 Å². The number of nitrogens with two attached hydrogens (primary N) is 1. The highest BCUT2D eigenvalue weighted by Gasteiger charge is 2.23. The first-order valence-electron chi connectivity index (χ1n) is 8.33. The summed E-state index contributed by atoms with van der Waals surface area (Å²) in [5, 5.41) is 0.826. The standard InChI is InChI=1S/C19H23N3O3/c1-19(2,3)25-18(24)22-8-6-12(7-9-22)13-4-5-16-14(10-13)15(20)11-17(23)21-16/h4-6,10-11H,7-9H2,1-3H3,(H3,20,21,23). The molecule has 0 atom stereocenters. The maximum absolute atomic E-state index is 12.1. The number of anilines is 1. The molecule has 132 valence electrons. The molecule has 1 aliphatic heterocycles. The number of nitrogen functional groups attached to an aromatic ring is 1. The second kappa shape index (κ2) is 6.27. The van der Waals surface area contributed by atoms with Gasteiger partial charge in [0.15, 0.2) is 0 Å². The summed E-state index contributed by atoms with van der Waals surface area (Å²) in [7, 11) is 0. The van der Waals surface area contributed by atoms with Gasteiger partial charge in [0.1, 0.15) is 5.60 Å². The molecular weight excluding hydrogens is 318 g/mol. The number of benzene rings is 1. The van der Waals surface area contributed by atoms with E-state index in [1.165, 1.54) is 6.07 Å². The van der Waals surface area contributed by atoms with Crippen LogP contribution in [0.3, 0.4) is 0 Å². The number of nitrogens with one attached hydrogen (secondary N) is 1. The number of hydrogen-bond donors (Lipinski definition) is 2. The molecule has 3 rings (SSSR count). The van der Waals surface area contributed by atoms with E-state index in [1.807, 2.05) is 45.0 Å². The fraction of sp³-hybridized carbons (Fsp3) is 0.368. The van der Waals surface area contributed by atoms with Crippen LogP contribution in [0.15, 0.2) is 35.1 Å². The van der Waals surface area contributed by atoms with Crippen LogP contribution in [0.4, 0.5) is 10.5 Å². The molecule has 0 saturated carbocycles. The fourth-order valence-electron chi connectivity index (χ4n) is 2.90. The zero-order valence-corrected chi connectivity index (χ0v) is 14.8. The molecular formula is C19H23N3O3. The van der Waals surface area contributed by atoms with Crippen LogP contribution in [0.5, 0.6) is 0 Å². The zero-order chi connectivity index (χ0) is 18.2. The van der Waals surface area contributed by atoms with E-state index in [-0.39, 0.29) is 11.7 Å². The minimum atomic E-state index is -0.492. The molecule has 0 saturated heterocycles. The molecule has 0 radical (unpaired) electrons. The van der Waals surface area contributed by atoms with Gasteiger partial charge in [0.25, 0.3) is 0 Å². The maximum Gasteiger partial charge on any atom is 0.410 e. The van der Waals surface area contributed by atoms with Gasteiger partial charge in [-0.05, 0) is 50.5 Å². The minimum Gasteiger partial charge on any atom is -0.444 e. The summed E-state index contributed by atoms with van der Waals surface area (Å²) in [6.07, 6.45) is 2.49. The van der Waals surface area contributed by atoms with Crippen molar-refractivity contribution in [3.63, 3.8) is 0 Å². The van der Waals surface area contributed by atoms with Crippen molar-refractivity contribution in [2.45, 2.75) is 32.8 Å². The normalized spacial score (nSPS) is 15.2. The average molecular weight is 341 g/mol. The number of ether oxygens (including phenoxy) is 1. The van der Waals surface area contributed by atoms with Gasteiger partial charge in [-0.2, -0.15) is 0 Å². The molecule has 2 heterocycles. The van der Waals surface area contributed by atoms with Crippen molar-refractivity contribution in [2.24, 2.45) is 0 Å². The number of rotatable bonds is 1. The number of hydrogen-bond acceptors (Lipinski definition) is 4. The van der Waals surface area contributed by atoms with Gasteiger partial charge >= 0.3 is 6.09 Å². The van der Waals surface area contributed by atoms with Crippen LogP contribution < -0.4 is 11.3 Å². The quantitative estimate of drug-likeness (QED) is 0.834. The number of fused-ring (bicyclic) bond motifs is 1. The van der Waals surface area contributed by atoms with Gasteiger partial charge in [0.05, 0.1) is 5.52 Å². The van der Waals surface area contributed by atoms with Crippen molar-refractivity contribution >= 4 is 28.3 Å². The largest absolute Gasteiger partial charge is 0.444 e. The van der Waals surface area contributed by atoms with Gasteiger partial charge in [0, 0.05) is 30.2 Å². The molecule has 6 heteroatoms. The highest BCUT2D eigenvalue weighted by Crippen LogP contribution is 2.27. The van der Waals surface area contributed by atoms with Gasteiger partial charge < -0.3 is 20.4 Å². The van der Waals surface area contributed by atoms with Crippen LogP contribution in [0.2, 0.25) is 0 Å². The van der Waals surface area contributed by atoms with Gasteiger partial charge in [-0.3, -0.25) is 4.79 Å². The average Bonchev–Trinajstić information content (AvgIpc) is 2.53. The van der Waals surface area contributed by atoms with E-state index in [9.17, 15) is 9.59 Å². The van der Waals surface area contributed by atoms with Crippen LogP contribution in [0, 0.1) is 0 Å². The Morgan fingerprint density at radius 1 is 1.28 bits per heavy atom. The topological polar surface area (TPSA) is 88.4 Å². The summed E-state index contributed by atoms with van der Waals surface area (Å²) in [6.45, 7) is 6.71. The van der Waals surface area contributed by atoms with Gasteiger partial charge in [-0.15, -0.1) is 0 Å². The number of aromatic amines is 1. The number of carbonyl (C=O) groups excluding carboxylic acids is 1. The molecule has 1 aromatic heterocycles. The molecule has 0 fully saturated rings. The Morgan fingerprint density at radius 3 is 2.68 bits per heavy atom. The minimum absolute atomic E-state index is 0.206. The van der Waals surface area contributed by atoms with Crippen LogP contribution in [0.25, 0.3) is 16.5 Å². The molecule has 0 unspecified atom stereocenters. The predicted octanol–water partition coefficient (Wildman–Crippen LogP) is 3.13. The molecule has 1 amide bonds. The monoisotopic (exact) mass is 341 g/mol. The van der Waals surface area contributed by atoms with Crippen molar-refractivity contribution in [3.8, 4) is 0 Å². The highest BCUT2D eigenvalue weighted by atomic mass is 16.6. The lowest BCUT2D eigenvalue weighted by molar-refractivity contribution is 0.0270. The summed E-state index contributed by atoms with van der Waals surface area (Å²) in [4.78, 5) is 28.1. The smallest absolute Gasteiger partial charge is 0.410 e. The summed E-state index contributed by atoms with van der Waals surface area (Å²) in [5.74, 6) is 0. The molecule has 1 aromatic carbocycles. The second-order valence-electron chi connectivity index (χ2n) is 7.26. The Bertz CT molecular complexity index is 906. The Hall–Kier alpha value is -2.76. The van der Waals surface area contributed by atoms with Crippen molar-refractivity contribution < 1.29 is 9.53 Å². The SMILES string of the molecule is CC(C)(C)OC(=O)N1CC=C(c2ccc3[nH]c(=O)cc(N)c3c2)CC1. The second-order valence-corrected chi connectivity index (χ2v) is 7.26. The maximum atomic E-state index is 12.1. The lowest BCUT2D eigenvalue weighted by Gasteiger charge is -2.29. The number of nitrogens with zero attached hydrogens (tertiary/aromatic N) is 1. The Kier molecular flexibility index (Phi) is 4.29. The van der Waals surface area contributed by atoms with E-state index in [0.717, 1.165) is 28.5 Å². The van der Waals surface area contributed by atoms with E-state index in [4.69, 9.17) is 10.5 Å². The van der Waals surface area contributed by atoms with Crippen LogP contribution in [0.1, 0.15) is 32.8 Å². The van der Waals surface area contributed by atoms with Crippen molar-refractivity contribution in [3.05, 3.63) is 46.3 Å². The van der Waals surface area contributed by atoms with E-state index < -0.39 is 5.60 Å². The van der Waals surface area contributed by atoms with Crippen molar-refractivity contribution in [2.75, 3.05) is 18.8 Å². The molecule has 0 aliphatic carbocycles. The number of H-pyrrole nitrogens is 1. The molecule has 25 heavy (non-hydrogen) atoms. The highest BCUT2D eigenvalue weighted by molar-refractivity contribution is 5.92. The molecule has 2 aromatic rings. The Labute approximate surface area is 146 Å². The zero-order valence-electron chi connectivity index (χ0n) is 14.8. The summed E-state index contributed by atoms with van der Waals surface area (Å²) in [6, 6.07) is 7.21. The molecule has 6 nitrogen and oxygen atoms in total. The fourth-order valence-corrected chi connectivity index (χ4v) is 2.90. The third-order valence-corrected chi connectivity index (χ3v) is 4.11. The van der Waals surface area contributed by atoms with Crippen LogP contribution in [-0.2, 0) is 4.74 Å². The van der Waals surface area contributed by atoms with E-state index in [0.29, 0.717) is 18.8 Å². The molecule has 0 bridgehead atoms. The van der Waals surface area contributed by atoms with Gasteiger partial charge in [-0.1, -0.05) is 12.1 Å². The summed E-state index contributed by atoms with van der Waals surface area (Å²) in [5.41, 5.74) is 8.67. The van der Waals surface area contributed by atoms with Gasteiger partial charge in [-0.25, -0.2) is 4.79 Å². The van der Waals surface area contributed by atoms with Crippen LogP contribution >= 0.6 is 0 Å². The molecule has 0 spiro atoms. The van der Waals surface area contributed by atoms with E-state index >= 15 is 0 Å². The Balaban J connectivity index is 1.81. The third kappa shape index (κ3) is 3.84. The first-order chi connectivity index (χ1) is 11.7. The van der Waals surface area contributed by atoms with Crippen molar-refractivity contribution in [1.29, 1.82) is 0 Å². The molecule has 3 N–H and O–H groups in total. The summed E-state index contributed by atoms with van der Waals surface area (Å²) >= 11 is 0. The number of pyridine rings is 1. The van der Waals surface area contributed by atoms with E-state index in [1.54, 1.807) is 4.90 Å². The number of aromatic nitrogens is 1. The first kappa shape index (κ1) is 17.1. The summed E-state index contributed by atoms with van der Waals surface area (Å²) < 4.78 is 5.41. The number of carbonyl (C=O) groups is 1. The van der Waals surface area contributed by atoms with E-state index in [2.05, 4.69) is 4.98 Å². The molecule has 1 aliphatic rings. The Morgan fingerprint density at radius 2 is 2.04 bits per heavy atom. The number of amides is 1. The lowest BCUT2D eigenvalue weighted by atomic mass is 9.97. The lowest BCUT2D eigenvalue weighted by Crippen LogP contribution is -2.39.